The predicted octanol–water partition coefficient (Wildman–Crippen LogP) is 2.41. The summed E-state index contributed by atoms with van der Waals surface area (Å²) < 4.78 is 6.62. The molecule has 0 aliphatic heterocycles. The molecule has 0 unspecified atom stereocenters. The van der Waals surface area contributed by atoms with Crippen molar-refractivity contribution in [2.45, 2.75) is 6.54 Å². The quantitative estimate of drug-likeness (QED) is 0.833. The molecule has 0 bridgehead atoms. The van der Waals surface area contributed by atoms with Crippen LogP contribution in [0.3, 0.4) is 0 Å². The van der Waals surface area contributed by atoms with Gasteiger partial charge in [0.2, 0.25) is 0 Å². The maximum Gasteiger partial charge on any atom is 0.120 e. The second kappa shape index (κ2) is 7.08. The summed E-state index contributed by atoms with van der Waals surface area (Å²) in [5, 5.41) is 3.26. The van der Waals surface area contributed by atoms with Crippen LogP contribution in [0.1, 0.15) is 5.69 Å². The zero-order chi connectivity index (χ0) is 12.6. The summed E-state index contributed by atoms with van der Waals surface area (Å²) >= 11 is 3.41. The van der Waals surface area contributed by atoms with Gasteiger partial charge in [-0.15, -0.1) is 0 Å². The van der Waals surface area contributed by atoms with Gasteiger partial charge in [-0.3, -0.25) is 0 Å². The largest absolute Gasteiger partial charge is 0.492 e. The van der Waals surface area contributed by atoms with E-state index in [-0.39, 0.29) is 0 Å². The molecular formula is C13H14BrN3O. The van der Waals surface area contributed by atoms with E-state index < -0.39 is 0 Å². The van der Waals surface area contributed by atoms with Crippen molar-refractivity contribution in [2.75, 3.05) is 13.2 Å². The van der Waals surface area contributed by atoms with E-state index in [2.05, 4.69) is 31.2 Å². The Morgan fingerprint density at radius 1 is 1.28 bits per heavy atom. The molecule has 1 N–H and O–H groups in total. The molecule has 1 aromatic heterocycles. The standard InChI is InChI=1S/C13H14BrN3O/c14-11-2-1-3-13(8-11)18-7-6-15-9-12-4-5-16-10-17-12/h1-5,8,10,15H,6-7,9H2. The number of rotatable bonds is 6. The molecule has 0 amide bonds. The van der Waals surface area contributed by atoms with Crippen LogP contribution in [0.2, 0.25) is 0 Å². The Kier molecular flexibility index (Phi) is 5.11. The van der Waals surface area contributed by atoms with Crippen molar-refractivity contribution < 1.29 is 4.74 Å². The van der Waals surface area contributed by atoms with Crippen LogP contribution in [-0.2, 0) is 6.54 Å². The molecule has 5 heteroatoms. The Hall–Kier alpha value is -1.46. The molecule has 0 atom stereocenters. The van der Waals surface area contributed by atoms with Gasteiger partial charge >= 0.3 is 0 Å². The van der Waals surface area contributed by atoms with Crippen LogP contribution in [0, 0.1) is 0 Å². The van der Waals surface area contributed by atoms with Gasteiger partial charge in [-0.25, -0.2) is 9.97 Å². The van der Waals surface area contributed by atoms with Crippen LogP contribution >= 0.6 is 15.9 Å². The lowest BCUT2D eigenvalue weighted by atomic mass is 10.3. The van der Waals surface area contributed by atoms with E-state index in [1.54, 1.807) is 12.5 Å². The fourth-order valence-corrected chi connectivity index (χ4v) is 1.82. The summed E-state index contributed by atoms with van der Waals surface area (Å²) in [6.45, 7) is 2.13. The third-order valence-electron chi connectivity index (χ3n) is 2.29. The van der Waals surface area contributed by atoms with Gasteiger partial charge in [0.25, 0.3) is 0 Å². The molecule has 4 nitrogen and oxygen atoms in total. The molecule has 2 rings (SSSR count). The minimum atomic E-state index is 0.627. The Bertz CT molecular complexity index is 479. The average molecular weight is 308 g/mol. The van der Waals surface area contributed by atoms with Gasteiger partial charge in [-0.2, -0.15) is 0 Å². The highest BCUT2D eigenvalue weighted by molar-refractivity contribution is 9.10. The van der Waals surface area contributed by atoms with Gasteiger partial charge in [-0.1, -0.05) is 22.0 Å². The number of hydrogen-bond acceptors (Lipinski definition) is 4. The highest BCUT2D eigenvalue weighted by Gasteiger charge is 1.95. The average Bonchev–Trinajstić information content (AvgIpc) is 2.40. The number of hydrogen-bond donors (Lipinski definition) is 1. The predicted molar refractivity (Wildman–Crippen MR) is 73.4 cm³/mol. The minimum Gasteiger partial charge on any atom is -0.492 e. The minimum absolute atomic E-state index is 0.627. The van der Waals surface area contributed by atoms with Crippen molar-refractivity contribution in [2.24, 2.45) is 0 Å². The molecule has 0 radical (unpaired) electrons. The smallest absolute Gasteiger partial charge is 0.120 e. The number of aromatic nitrogens is 2. The molecule has 0 aliphatic carbocycles. The SMILES string of the molecule is Brc1cccc(OCCNCc2ccncn2)c1. The Balaban J connectivity index is 1.65. The monoisotopic (exact) mass is 307 g/mol. The van der Waals surface area contributed by atoms with Crippen LogP contribution in [0.4, 0.5) is 0 Å². The van der Waals surface area contributed by atoms with E-state index in [0.717, 1.165) is 29.0 Å². The number of nitrogens with zero attached hydrogens (tertiary/aromatic N) is 2. The summed E-state index contributed by atoms with van der Waals surface area (Å²) in [6, 6.07) is 9.70. The van der Waals surface area contributed by atoms with Gasteiger partial charge < -0.3 is 10.1 Å². The molecule has 0 saturated heterocycles. The van der Waals surface area contributed by atoms with Gasteiger partial charge in [0.15, 0.2) is 0 Å². The highest BCUT2D eigenvalue weighted by atomic mass is 79.9. The second-order valence-corrected chi connectivity index (χ2v) is 4.60. The van der Waals surface area contributed by atoms with E-state index in [4.69, 9.17) is 4.74 Å². The third-order valence-corrected chi connectivity index (χ3v) is 2.79. The van der Waals surface area contributed by atoms with E-state index in [1.165, 1.54) is 0 Å². The van der Waals surface area contributed by atoms with Crippen molar-refractivity contribution in [3.05, 3.63) is 53.0 Å². The van der Waals surface area contributed by atoms with Gasteiger partial charge in [0, 0.05) is 23.8 Å². The number of nitrogens with one attached hydrogen (secondary N) is 1. The molecule has 0 fully saturated rings. The van der Waals surface area contributed by atoms with Crippen molar-refractivity contribution in [1.29, 1.82) is 0 Å². The summed E-state index contributed by atoms with van der Waals surface area (Å²) in [5.74, 6) is 0.869. The molecule has 18 heavy (non-hydrogen) atoms. The zero-order valence-electron chi connectivity index (χ0n) is 9.84. The second-order valence-electron chi connectivity index (χ2n) is 3.68. The molecular weight excluding hydrogens is 294 g/mol. The van der Waals surface area contributed by atoms with Crippen molar-refractivity contribution >= 4 is 15.9 Å². The van der Waals surface area contributed by atoms with E-state index in [9.17, 15) is 0 Å². The zero-order valence-corrected chi connectivity index (χ0v) is 11.4. The normalized spacial score (nSPS) is 10.3. The third kappa shape index (κ3) is 4.43. The molecule has 1 heterocycles. The lowest BCUT2D eigenvalue weighted by Gasteiger charge is -2.07. The van der Waals surface area contributed by atoms with Gasteiger partial charge in [0.05, 0.1) is 5.69 Å². The molecule has 0 spiro atoms. The van der Waals surface area contributed by atoms with Crippen LogP contribution in [0.15, 0.2) is 47.3 Å². The molecule has 94 valence electrons. The van der Waals surface area contributed by atoms with Crippen LogP contribution in [0.25, 0.3) is 0 Å². The first-order chi connectivity index (χ1) is 8.84. The first-order valence-electron chi connectivity index (χ1n) is 5.68. The summed E-state index contributed by atoms with van der Waals surface area (Å²) in [6.07, 6.45) is 3.29. The molecule has 1 aromatic carbocycles. The van der Waals surface area contributed by atoms with E-state index in [1.807, 2.05) is 30.3 Å². The first kappa shape index (κ1) is 13.0. The molecule has 0 aliphatic rings. The van der Waals surface area contributed by atoms with Crippen LogP contribution in [-0.4, -0.2) is 23.1 Å². The lowest BCUT2D eigenvalue weighted by Crippen LogP contribution is -2.21. The fourth-order valence-electron chi connectivity index (χ4n) is 1.44. The van der Waals surface area contributed by atoms with E-state index >= 15 is 0 Å². The van der Waals surface area contributed by atoms with Gasteiger partial charge in [-0.05, 0) is 24.3 Å². The first-order valence-corrected chi connectivity index (χ1v) is 6.48. The summed E-state index contributed by atoms with van der Waals surface area (Å²) in [7, 11) is 0. The Morgan fingerprint density at radius 3 is 3.00 bits per heavy atom. The number of halogens is 1. The Morgan fingerprint density at radius 2 is 2.22 bits per heavy atom. The molecule has 2 aromatic rings. The highest BCUT2D eigenvalue weighted by Crippen LogP contribution is 2.17. The Labute approximate surface area is 115 Å². The maximum atomic E-state index is 5.60. The van der Waals surface area contributed by atoms with Crippen LogP contribution in [0.5, 0.6) is 5.75 Å². The topological polar surface area (TPSA) is 47.0 Å². The number of benzene rings is 1. The summed E-state index contributed by atoms with van der Waals surface area (Å²) in [4.78, 5) is 8.00. The van der Waals surface area contributed by atoms with Crippen molar-refractivity contribution in [3.8, 4) is 5.75 Å². The van der Waals surface area contributed by atoms with Crippen molar-refractivity contribution in [3.63, 3.8) is 0 Å². The fraction of sp³-hybridized carbons (Fsp3) is 0.231. The maximum absolute atomic E-state index is 5.60. The summed E-state index contributed by atoms with van der Waals surface area (Å²) in [5.41, 5.74) is 0.979. The van der Waals surface area contributed by atoms with Crippen molar-refractivity contribution in [1.82, 2.24) is 15.3 Å². The van der Waals surface area contributed by atoms with Crippen LogP contribution < -0.4 is 10.1 Å². The number of ether oxygens (including phenoxy) is 1. The molecule has 0 saturated carbocycles. The lowest BCUT2D eigenvalue weighted by molar-refractivity contribution is 0.313. The van der Waals surface area contributed by atoms with Gasteiger partial charge in [0.1, 0.15) is 18.7 Å². The van der Waals surface area contributed by atoms with E-state index in [0.29, 0.717) is 6.61 Å².